The summed E-state index contributed by atoms with van der Waals surface area (Å²) in [5.41, 5.74) is 23.9. The van der Waals surface area contributed by atoms with Crippen molar-refractivity contribution in [3.05, 3.63) is 315 Å². The van der Waals surface area contributed by atoms with Gasteiger partial charge in [0.25, 0.3) is 0 Å². The van der Waals surface area contributed by atoms with Gasteiger partial charge in [0.15, 0.2) is 0 Å². The Kier molecular flexibility index (Phi) is 12.7. The normalized spacial score (nSPS) is 12.2. The Morgan fingerprint density at radius 2 is 0.494 bits per heavy atom. The minimum atomic E-state index is -2.19. The van der Waals surface area contributed by atoms with E-state index in [1.165, 1.54) is 99.0 Å². The van der Waals surface area contributed by atoms with Crippen molar-refractivity contribution in [1.29, 1.82) is 0 Å². The third-order valence-corrected chi connectivity index (χ3v) is 20.0. The molecule has 2 nitrogen and oxygen atoms in total. The highest BCUT2D eigenvalue weighted by Crippen LogP contribution is 2.43. The summed E-state index contributed by atoms with van der Waals surface area (Å²) in [6, 6.07) is 116. The summed E-state index contributed by atoms with van der Waals surface area (Å²) >= 11 is 0. The van der Waals surface area contributed by atoms with Crippen molar-refractivity contribution >= 4 is 63.3 Å². The molecule has 13 aromatic rings. The SMILES string of the molecule is C[Si]1(C)c2cc(-c3ccc(N(c4ccc(-c5ccccc5)cc4)c4ccc(-c5ccccc5)cc4)cc3)ccc2-c2ccc(-c3ccc(N(c4ccc(-c5ccccc5)cc4)c4ccc(-c5ccccc5)cc4)cc3)c3cccc1c23. The highest BCUT2D eigenvalue weighted by Gasteiger charge is 2.36. The Hall–Kier alpha value is -10.1. The van der Waals surface area contributed by atoms with Crippen LogP contribution in [0.4, 0.5) is 34.1 Å². The van der Waals surface area contributed by atoms with E-state index in [1.54, 1.807) is 0 Å². The summed E-state index contributed by atoms with van der Waals surface area (Å²) in [6.07, 6.45) is 0. The van der Waals surface area contributed by atoms with Crippen molar-refractivity contribution in [3.8, 4) is 77.9 Å². The van der Waals surface area contributed by atoms with E-state index in [0.717, 1.165) is 34.1 Å². The Balaban J connectivity index is 0.778. The summed E-state index contributed by atoms with van der Waals surface area (Å²) in [5, 5.41) is 5.67. The Morgan fingerprint density at radius 3 is 0.852 bits per heavy atom. The van der Waals surface area contributed by atoms with Gasteiger partial charge in [-0.1, -0.05) is 256 Å². The first-order valence-electron chi connectivity index (χ1n) is 28.1. The molecule has 0 atom stereocenters. The monoisotopic (exact) mass is 1050 g/mol. The summed E-state index contributed by atoms with van der Waals surface area (Å²) in [7, 11) is -2.19. The highest BCUT2D eigenvalue weighted by molar-refractivity contribution is 7.03. The van der Waals surface area contributed by atoms with Crippen molar-refractivity contribution in [2.45, 2.75) is 13.1 Å². The largest absolute Gasteiger partial charge is 0.311 e. The van der Waals surface area contributed by atoms with Gasteiger partial charge in [0.1, 0.15) is 8.07 Å². The zero-order valence-electron chi connectivity index (χ0n) is 45.4. The molecule has 0 radical (unpaired) electrons. The second kappa shape index (κ2) is 21.0. The van der Waals surface area contributed by atoms with Crippen molar-refractivity contribution in [2.24, 2.45) is 0 Å². The van der Waals surface area contributed by atoms with E-state index in [-0.39, 0.29) is 0 Å². The van der Waals surface area contributed by atoms with Crippen LogP contribution in [0.1, 0.15) is 0 Å². The van der Waals surface area contributed by atoms with Gasteiger partial charge in [0.2, 0.25) is 0 Å². The van der Waals surface area contributed by atoms with Crippen LogP contribution >= 0.6 is 0 Å². The molecule has 3 heteroatoms. The molecule has 1 heterocycles. The van der Waals surface area contributed by atoms with Gasteiger partial charge in [-0.05, 0) is 172 Å². The summed E-state index contributed by atoms with van der Waals surface area (Å²) in [5.74, 6) is 0. The van der Waals surface area contributed by atoms with Crippen LogP contribution in [0.3, 0.4) is 0 Å². The molecule has 14 rings (SSSR count). The van der Waals surface area contributed by atoms with E-state index in [0.29, 0.717) is 0 Å². The molecule has 0 spiro atoms. The number of rotatable bonds is 12. The van der Waals surface area contributed by atoms with E-state index < -0.39 is 8.07 Å². The van der Waals surface area contributed by atoms with Gasteiger partial charge in [0.05, 0.1) is 0 Å². The molecule has 1 aliphatic heterocycles. The van der Waals surface area contributed by atoms with Gasteiger partial charge in [-0.15, -0.1) is 0 Å². The molecule has 0 aromatic heterocycles. The number of hydrogen-bond acceptors (Lipinski definition) is 2. The molecule has 0 saturated carbocycles. The fourth-order valence-corrected chi connectivity index (χ4v) is 15.4. The zero-order valence-corrected chi connectivity index (χ0v) is 46.4. The molecular formula is C78H58N2Si. The fraction of sp³-hybridized carbons (Fsp3) is 0.0256. The summed E-state index contributed by atoms with van der Waals surface area (Å²) in [6.45, 7) is 5.07. The fourth-order valence-electron chi connectivity index (χ4n) is 12.2. The first-order chi connectivity index (χ1) is 39.9. The number of fused-ring (bicyclic) bond motifs is 2. The molecule has 1 aliphatic rings. The Bertz CT molecular complexity index is 4170. The first kappa shape index (κ1) is 49.2. The average Bonchev–Trinajstić information content (AvgIpc) is 3.68. The van der Waals surface area contributed by atoms with Gasteiger partial charge in [-0.2, -0.15) is 0 Å². The molecule has 13 aromatic carbocycles. The molecule has 0 bridgehead atoms. The maximum Gasteiger partial charge on any atom is 0.113 e. The minimum Gasteiger partial charge on any atom is -0.311 e. The molecule has 0 N–H and O–H groups in total. The van der Waals surface area contributed by atoms with Crippen molar-refractivity contribution < 1.29 is 0 Å². The third kappa shape index (κ3) is 9.34. The Labute approximate surface area is 476 Å². The lowest BCUT2D eigenvalue weighted by Crippen LogP contribution is -2.55. The van der Waals surface area contributed by atoms with E-state index >= 15 is 0 Å². The van der Waals surface area contributed by atoms with Crippen LogP contribution in [0.15, 0.2) is 315 Å². The first-order valence-corrected chi connectivity index (χ1v) is 31.1. The molecule has 384 valence electrons. The van der Waals surface area contributed by atoms with Crippen molar-refractivity contribution in [3.63, 3.8) is 0 Å². The second-order valence-electron chi connectivity index (χ2n) is 21.7. The molecule has 0 fully saturated rings. The van der Waals surface area contributed by atoms with Crippen molar-refractivity contribution in [1.82, 2.24) is 0 Å². The van der Waals surface area contributed by atoms with Crippen LogP contribution in [-0.4, -0.2) is 8.07 Å². The van der Waals surface area contributed by atoms with Crippen LogP contribution < -0.4 is 20.2 Å². The molecule has 0 amide bonds. The maximum absolute atomic E-state index is 2.54. The highest BCUT2D eigenvalue weighted by atomic mass is 28.3. The van der Waals surface area contributed by atoms with Crippen LogP contribution in [0.5, 0.6) is 0 Å². The van der Waals surface area contributed by atoms with E-state index in [2.05, 4.69) is 338 Å². The molecule has 0 saturated heterocycles. The van der Waals surface area contributed by atoms with E-state index in [4.69, 9.17) is 0 Å². The van der Waals surface area contributed by atoms with Gasteiger partial charge < -0.3 is 9.80 Å². The number of benzene rings is 13. The number of hydrogen-bond donors (Lipinski definition) is 0. The molecular weight excluding hydrogens is 993 g/mol. The second-order valence-corrected chi connectivity index (χ2v) is 26.0. The zero-order chi connectivity index (χ0) is 54.3. The molecule has 0 unspecified atom stereocenters. The van der Waals surface area contributed by atoms with Crippen LogP contribution in [0.2, 0.25) is 13.1 Å². The van der Waals surface area contributed by atoms with Gasteiger partial charge in [-0.25, -0.2) is 0 Å². The maximum atomic E-state index is 2.54. The predicted molar refractivity (Wildman–Crippen MR) is 348 cm³/mol. The topological polar surface area (TPSA) is 6.48 Å². The smallest absolute Gasteiger partial charge is 0.113 e. The Morgan fingerprint density at radius 1 is 0.210 bits per heavy atom. The third-order valence-electron chi connectivity index (χ3n) is 16.5. The quantitative estimate of drug-likeness (QED) is 0.113. The van der Waals surface area contributed by atoms with Crippen molar-refractivity contribution in [2.75, 3.05) is 9.80 Å². The predicted octanol–water partition coefficient (Wildman–Crippen LogP) is 20.6. The molecule has 81 heavy (non-hydrogen) atoms. The lowest BCUT2D eigenvalue weighted by molar-refractivity contribution is 1.28. The van der Waals surface area contributed by atoms with E-state index in [9.17, 15) is 0 Å². The summed E-state index contributed by atoms with van der Waals surface area (Å²) < 4.78 is 0. The van der Waals surface area contributed by atoms with E-state index in [1.807, 2.05) is 0 Å². The average molecular weight is 1050 g/mol. The molecule has 0 aliphatic carbocycles. The lowest BCUT2D eigenvalue weighted by Gasteiger charge is -2.34. The summed E-state index contributed by atoms with van der Waals surface area (Å²) in [4.78, 5) is 4.73. The number of anilines is 6. The number of nitrogens with zero attached hydrogens (tertiary/aromatic N) is 2. The van der Waals surface area contributed by atoms with Gasteiger partial charge in [0, 0.05) is 34.1 Å². The van der Waals surface area contributed by atoms with Gasteiger partial charge >= 0.3 is 0 Å². The van der Waals surface area contributed by atoms with Crippen LogP contribution in [0, 0.1) is 0 Å². The van der Waals surface area contributed by atoms with Crippen LogP contribution in [0.25, 0.3) is 88.7 Å². The van der Waals surface area contributed by atoms with Gasteiger partial charge in [-0.3, -0.25) is 0 Å². The minimum absolute atomic E-state index is 1.11. The standard InChI is InChI=1S/C78H58N2Si/c1-81(2)76-25-15-24-74-72(64-36-49-71(50-37-64)80(68-43-30-61(31-44-68)57-20-11-5-12-21-57)69-45-32-62(33-46-69)58-22-13-6-14-23-58)52-53-75(78(74)76)73-51-38-65(54-77(73)81)63-34-47-70(48-35-63)79(66-39-26-59(27-40-66)55-16-7-3-8-17-55)67-41-28-60(29-42-67)56-18-9-4-10-19-56/h3-54H,1-2H3. The van der Waals surface area contributed by atoms with Crippen LogP contribution in [-0.2, 0) is 0 Å². The lowest BCUT2D eigenvalue weighted by atomic mass is 9.90.